The van der Waals surface area contributed by atoms with Crippen LogP contribution in [0.1, 0.15) is 38.1 Å². The number of pyridine rings is 1. The Morgan fingerprint density at radius 2 is 1.89 bits per heavy atom. The molecule has 0 aliphatic heterocycles. The normalized spacial score (nSPS) is 20.3. The van der Waals surface area contributed by atoms with Crippen LogP contribution < -0.4 is 10.6 Å². The molecule has 98 valence electrons. The Labute approximate surface area is 108 Å². The van der Waals surface area contributed by atoms with Crippen molar-refractivity contribution in [3.63, 3.8) is 0 Å². The molecule has 4 heteroatoms. The van der Waals surface area contributed by atoms with E-state index in [4.69, 9.17) is 0 Å². The fraction of sp³-hybridized carbons (Fsp3) is 0.571. The van der Waals surface area contributed by atoms with Gasteiger partial charge in [-0.3, -0.25) is 9.78 Å². The average molecular weight is 247 g/mol. The van der Waals surface area contributed by atoms with Crippen molar-refractivity contribution in [2.24, 2.45) is 10.8 Å². The Hall–Kier alpha value is -1.58. The van der Waals surface area contributed by atoms with Gasteiger partial charge in [0.25, 0.3) is 5.91 Å². The lowest BCUT2D eigenvalue weighted by Gasteiger charge is -2.10. The Balaban J connectivity index is 2.15. The van der Waals surface area contributed by atoms with Crippen molar-refractivity contribution in [3.8, 4) is 0 Å². The summed E-state index contributed by atoms with van der Waals surface area (Å²) in [6, 6.07) is 1.96. The molecule has 1 aromatic heterocycles. The zero-order valence-electron chi connectivity index (χ0n) is 11.7. The molecule has 1 aliphatic carbocycles. The maximum atomic E-state index is 12.3. The van der Waals surface area contributed by atoms with Crippen molar-refractivity contribution in [1.82, 2.24) is 10.3 Å². The molecule has 1 aliphatic rings. The Morgan fingerprint density at radius 3 is 2.39 bits per heavy atom. The van der Waals surface area contributed by atoms with Crippen LogP contribution in [0.3, 0.4) is 0 Å². The van der Waals surface area contributed by atoms with Crippen LogP contribution in [0.5, 0.6) is 0 Å². The number of hydrogen-bond acceptors (Lipinski definition) is 3. The first-order valence-electron chi connectivity index (χ1n) is 6.25. The van der Waals surface area contributed by atoms with Gasteiger partial charge in [0, 0.05) is 19.3 Å². The molecule has 0 bridgehead atoms. The van der Waals surface area contributed by atoms with Crippen LogP contribution in [-0.2, 0) is 0 Å². The van der Waals surface area contributed by atoms with E-state index in [2.05, 4.69) is 43.3 Å². The van der Waals surface area contributed by atoms with Crippen molar-refractivity contribution in [3.05, 3.63) is 24.0 Å². The second-order valence-electron chi connectivity index (χ2n) is 6.02. The third-order valence-corrected chi connectivity index (χ3v) is 4.63. The van der Waals surface area contributed by atoms with Crippen LogP contribution in [0.15, 0.2) is 18.5 Å². The first kappa shape index (κ1) is 12.9. The van der Waals surface area contributed by atoms with Gasteiger partial charge in [0.05, 0.1) is 17.4 Å². The molecule has 1 saturated carbocycles. The predicted molar refractivity (Wildman–Crippen MR) is 72.6 cm³/mol. The van der Waals surface area contributed by atoms with E-state index in [1.54, 1.807) is 25.5 Å². The van der Waals surface area contributed by atoms with Gasteiger partial charge in [0.15, 0.2) is 0 Å². The fourth-order valence-corrected chi connectivity index (χ4v) is 2.56. The maximum absolute atomic E-state index is 12.3. The Morgan fingerprint density at radius 1 is 1.28 bits per heavy atom. The van der Waals surface area contributed by atoms with E-state index in [1.807, 2.05) is 0 Å². The fourth-order valence-electron chi connectivity index (χ4n) is 2.56. The Bertz CT molecular complexity index is 466. The van der Waals surface area contributed by atoms with E-state index in [9.17, 15) is 4.79 Å². The van der Waals surface area contributed by atoms with Crippen LogP contribution in [0.2, 0.25) is 0 Å². The molecule has 1 fully saturated rings. The molecule has 0 saturated heterocycles. The number of hydrogen-bond donors (Lipinski definition) is 2. The molecule has 0 radical (unpaired) electrons. The molecule has 18 heavy (non-hydrogen) atoms. The summed E-state index contributed by atoms with van der Waals surface area (Å²) in [6.45, 7) is 8.74. The topological polar surface area (TPSA) is 54.0 Å². The van der Waals surface area contributed by atoms with Gasteiger partial charge < -0.3 is 10.6 Å². The first-order chi connectivity index (χ1) is 8.32. The second-order valence-corrected chi connectivity index (χ2v) is 6.02. The first-order valence-corrected chi connectivity index (χ1v) is 6.25. The van der Waals surface area contributed by atoms with Crippen molar-refractivity contribution in [2.75, 3.05) is 12.4 Å². The zero-order valence-corrected chi connectivity index (χ0v) is 11.7. The van der Waals surface area contributed by atoms with Gasteiger partial charge in [-0.15, -0.1) is 0 Å². The smallest absolute Gasteiger partial charge is 0.253 e. The number of carbonyl (C=O) groups is 1. The van der Waals surface area contributed by atoms with E-state index >= 15 is 0 Å². The highest BCUT2D eigenvalue weighted by Gasteiger charge is 2.65. The highest BCUT2D eigenvalue weighted by molar-refractivity contribution is 5.99. The molecule has 0 aromatic carbocycles. The van der Waals surface area contributed by atoms with Gasteiger partial charge in [-0.2, -0.15) is 0 Å². The minimum absolute atomic E-state index is 0.0367. The number of carbonyl (C=O) groups excluding carboxylic acids is 1. The zero-order chi connectivity index (χ0) is 13.6. The van der Waals surface area contributed by atoms with E-state index in [0.29, 0.717) is 5.56 Å². The highest BCUT2D eigenvalue weighted by Crippen LogP contribution is 2.62. The average Bonchev–Trinajstić information content (AvgIpc) is 2.71. The summed E-state index contributed by atoms with van der Waals surface area (Å²) >= 11 is 0. The summed E-state index contributed by atoms with van der Waals surface area (Å²) < 4.78 is 0. The van der Waals surface area contributed by atoms with Crippen LogP contribution in [0.4, 0.5) is 5.69 Å². The highest BCUT2D eigenvalue weighted by atomic mass is 16.1. The predicted octanol–water partition coefficient (Wildman–Crippen LogP) is 2.29. The molecule has 4 nitrogen and oxygen atoms in total. The number of aromatic nitrogens is 1. The summed E-state index contributed by atoms with van der Waals surface area (Å²) in [6.07, 6.45) is 3.30. The summed E-state index contributed by atoms with van der Waals surface area (Å²) in [7, 11) is 1.79. The van der Waals surface area contributed by atoms with Crippen molar-refractivity contribution in [1.29, 1.82) is 0 Å². The molecular weight excluding hydrogens is 226 g/mol. The minimum Gasteiger partial charge on any atom is -0.386 e. The van der Waals surface area contributed by atoms with Gasteiger partial charge >= 0.3 is 0 Å². The Kier molecular flexibility index (Phi) is 2.84. The van der Waals surface area contributed by atoms with E-state index in [0.717, 1.165) is 5.69 Å². The van der Waals surface area contributed by atoms with E-state index in [1.165, 1.54) is 0 Å². The van der Waals surface area contributed by atoms with Gasteiger partial charge in [0.1, 0.15) is 0 Å². The molecule has 0 atom stereocenters. The molecule has 1 amide bonds. The lowest BCUT2D eigenvalue weighted by molar-refractivity contribution is 0.0944. The number of nitrogens with zero attached hydrogens (tertiary/aromatic N) is 1. The SMILES string of the molecule is CNc1cnccc1C(=O)NC1C(C)(C)C1(C)C. The third-order valence-electron chi connectivity index (χ3n) is 4.63. The molecule has 1 aromatic rings. The molecular formula is C14H21N3O. The van der Waals surface area contributed by atoms with Crippen molar-refractivity contribution >= 4 is 11.6 Å². The third kappa shape index (κ3) is 1.76. The van der Waals surface area contributed by atoms with Gasteiger partial charge in [0.2, 0.25) is 0 Å². The lowest BCUT2D eigenvalue weighted by atomic mass is 10.0. The number of rotatable bonds is 3. The van der Waals surface area contributed by atoms with Gasteiger partial charge in [-0.1, -0.05) is 27.7 Å². The van der Waals surface area contributed by atoms with Crippen LogP contribution in [0.25, 0.3) is 0 Å². The van der Waals surface area contributed by atoms with E-state index < -0.39 is 0 Å². The summed E-state index contributed by atoms with van der Waals surface area (Å²) in [5.41, 5.74) is 1.70. The number of anilines is 1. The molecule has 2 rings (SSSR count). The van der Waals surface area contributed by atoms with E-state index in [-0.39, 0.29) is 22.8 Å². The molecule has 0 unspecified atom stereocenters. The summed E-state index contributed by atoms with van der Waals surface area (Å²) in [4.78, 5) is 16.3. The standard InChI is InChI=1S/C14H21N3O/c1-13(2)12(14(13,3)4)17-11(18)9-6-7-16-8-10(9)15-5/h6-8,12,15H,1-5H3,(H,17,18). The molecule has 0 spiro atoms. The minimum atomic E-state index is -0.0367. The number of amides is 1. The van der Waals surface area contributed by atoms with Crippen molar-refractivity contribution in [2.45, 2.75) is 33.7 Å². The number of nitrogens with one attached hydrogen (secondary N) is 2. The maximum Gasteiger partial charge on any atom is 0.253 e. The van der Waals surface area contributed by atoms with Crippen LogP contribution in [-0.4, -0.2) is 24.0 Å². The molecule has 1 heterocycles. The van der Waals surface area contributed by atoms with Gasteiger partial charge in [-0.25, -0.2) is 0 Å². The monoisotopic (exact) mass is 247 g/mol. The second kappa shape index (κ2) is 3.97. The van der Waals surface area contributed by atoms with Gasteiger partial charge in [-0.05, 0) is 16.9 Å². The van der Waals surface area contributed by atoms with Crippen molar-refractivity contribution < 1.29 is 4.79 Å². The largest absolute Gasteiger partial charge is 0.386 e. The lowest BCUT2D eigenvalue weighted by Crippen LogP contribution is -2.30. The quantitative estimate of drug-likeness (QED) is 0.861. The van der Waals surface area contributed by atoms with Crippen LogP contribution >= 0.6 is 0 Å². The summed E-state index contributed by atoms with van der Waals surface area (Å²) in [5.74, 6) is -0.0367. The summed E-state index contributed by atoms with van der Waals surface area (Å²) in [5, 5.41) is 6.11. The van der Waals surface area contributed by atoms with Crippen LogP contribution in [0, 0.1) is 10.8 Å². The molecule has 2 N–H and O–H groups in total.